The predicted octanol–water partition coefficient (Wildman–Crippen LogP) is 0.629. The van der Waals surface area contributed by atoms with E-state index in [2.05, 4.69) is 14.9 Å². The standard InChI is InChI=1S/C12H13N3O4S/c16-12(17)10-3-1-9(2-4-10)5-6-15-20(18,19)11-7-13-14-8-11/h1-4,7-8,15H,5-6H2,(H,13,14)(H,16,17). The van der Waals surface area contributed by atoms with Crippen molar-refractivity contribution in [3.8, 4) is 0 Å². The quantitative estimate of drug-likeness (QED) is 0.723. The van der Waals surface area contributed by atoms with Crippen LogP contribution in [0.3, 0.4) is 0 Å². The summed E-state index contributed by atoms with van der Waals surface area (Å²) in [6.45, 7) is 0.222. The van der Waals surface area contributed by atoms with Gasteiger partial charge in [0.2, 0.25) is 10.0 Å². The average Bonchev–Trinajstić information content (AvgIpc) is 2.94. The minimum absolute atomic E-state index is 0.0822. The van der Waals surface area contributed by atoms with Crippen LogP contribution in [0.1, 0.15) is 15.9 Å². The summed E-state index contributed by atoms with van der Waals surface area (Å²) in [5.74, 6) is -0.989. The maximum absolute atomic E-state index is 11.8. The zero-order valence-corrected chi connectivity index (χ0v) is 11.2. The molecule has 2 aromatic rings. The average molecular weight is 295 g/mol. The van der Waals surface area contributed by atoms with E-state index in [0.29, 0.717) is 6.42 Å². The van der Waals surface area contributed by atoms with Crippen LogP contribution in [0, 0.1) is 0 Å². The number of sulfonamides is 1. The molecule has 0 aliphatic carbocycles. The SMILES string of the molecule is O=C(O)c1ccc(CCNS(=O)(=O)c2cn[nH]c2)cc1. The van der Waals surface area contributed by atoms with Crippen molar-refractivity contribution in [2.24, 2.45) is 0 Å². The fourth-order valence-corrected chi connectivity index (χ4v) is 2.55. The Morgan fingerprint density at radius 1 is 1.30 bits per heavy atom. The monoisotopic (exact) mass is 295 g/mol. The number of benzene rings is 1. The minimum Gasteiger partial charge on any atom is -0.478 e. The van der Waals surface area contributed by atoms with Gasteiger partial charge in [0, 0.05) is 12.7 Å². The molecule has 0 aliphatic heterocycles. The minimum atomic E-state index is -3.55. The molecular weight excluding hydrogens is 282 g/mol. The Kier molecular flexibility index (Phi) is 4.16. The first kappa shape index (κ1) is 14.2. The summed E-state index contributed by atoms with van der Waals surface area (Å²) in [7, 11) is -3.55. The molecule has 0 saturated heterocycles. The highest BCUT2D eigenvalue weighted by atomic mass is 32.2. The van der Waals surface area contributed by atoms with Crippen molar-refractivity contribution < 1.29 is 18.3 Å². The van der Waals surface area contributed by atoms with Crippen LogP contribution in [-0.4, -0.2) is 36.2 Å². The third kappa shape index (κ3) is 3.43. The number of nitrogens with one attached hydrogen (secondary N) is 2. The second-order valence-corrected chi connectivity index (χ2v) is 5.85. The molecule has 8 heteroatoms. The third-order valence-electron chi connectivity index (χ3n) is 2.69. The van der Waals surface area contributed by atoms with Gasteiger partial charge in [-0.2, -0.15) is 5.10 Å². The summed E-state index contributed by atoms with van der Waals surface area (Å²) in [5, 5.41) is 14.8. The predicted molar refractivity (Wildman–Crippen MR) is 70.9 cm³/mol. The van der Waals surface area contributed by atoms with E-state index < -0.39 is 16.0 Å². The molecule has 0 spiro atoms. The Morgan fingerprint density at radius 3 is 2.55 bits per heavy atom. The normalized spacial score (nSPS) is 11.4. The molecule has 0 aliphatic rings. The highest BCUT2D eigenvalue weighted by Gasteiger charge is 2.14. The molecule has 0 amide bonds. The van der Waals surface area contributed by atoms with Gasteiger partial charge in [-0.25, -0.2) is 17.9 Å². The molecule has 1 aromatic heterocycles. The lowest BCUT2D eigenvalue weighted by Gasteiger charge is -2.05. The lowest BCUT2D eigenvalue weighted by molar-refractivity contribution is 0.0697. The molecule has 1 heterocycles. The number of carboxylic acids is 1. The van der Waals surface area contributed by atoms with E-state index in [1.165, 1.54) is 24.5 Å². The van der Waals surface area contributed by atoms with Crippen LogP contribution in [0.15, 0.2) is 41.6 Å². The van der Waals surface area contributed by atoms with Gasteiger partial charge in [0.1, 0.15) is 4.90 Å². The number of nitrogens with zero attached hydrogens (tertiary/aromatic N) is 1. The van der Waals surface area contributed by atoms with Crippen LogP contribution in [0.25, 0.3) is 0 Å². The Hall–Kier alpha value is -2.19. The van der Waals surface area contributed by atoms with Crippen LogP contribution in [-0.2, 0) is 16.4 Å². The molecule has 20 heavy (non-hydrogen) atoms. The fourth-order valence-electron chi connectivity index (χ4n) is 1.61. The topological polar surface area (TPSA) is 112 Å². The van der Waals surface area contributed by atoms with E-state index >= 15 is 0 Å². The Bertz CT molecular complexity index is 678. The van der Waals surface area contributed by atoms with E-state index in [0.717, 1.165) is 5.56 Å². The van der Waals surface area contributed by atoms with Crippen molar-refractivity contribution in [2.45, 2.75) is 11.3 Å². The highest BCUT2D eigenvalue weighted by Crippen LogP contribution is 2.07. The summed E-state index contributed by atoms with van der Waals surface area (Å²) in [5.41, 5.74) is 1.05. The molecule has 0 unspecified atom stereocenters. The number of hydrogen-bond acceptors (Lipinski definition) is 4. The molecule has 0 radical (unpaired) electrons. The van der Waals surface area contributed by atoms with Crippen LogP contribution < -0.4 is 4.72 Å². The molecule has 3 N–H and O–H groups in total. The van der Waals surface area contributed by atoms with E-state index in [1.54, 1.807) is 12.1 Å². The zero-order valence-electron chi connectivity index (χ0n) is 10.4. The summed E-state index contributed by atoms with van der Waals surface area (Å²) in [6, 6.07) is 6.30. The Morgan fingerprint density at radius 2 is 2.00 bits per heavy atom. The second kappa shape index (κ2) is 5.85. The van der Waals surface area contributed by atoms with E-state index in [9.17, 15) is 13.2 Å². The van der Waals surface area contributed by atoms with Gasteiger partial charge in [-0.05, 0) is 24.1 Å². The molecule has 106 valence electrons. The van der Waals surface area contributed by atoms with Gasteiger partial charge in [-0.1, -0.05) is 12.1 Å². The summed E-state index contributed by atoms with van der Waals surface area (Å²) in [4.78, 5) is 10.8. The van der Waals surface area contributed by atoms with Crippen molar-refractivity contribution in [3.05, 3.63) is 47.8 Å². The number of carbonyl (C=O) groups is 1. The Balaban J connectivity index is 1.92. The summed E-state index contributed by atoms with van der Waals surface area (Å²) in [6.07, 6.45) is 2.99. The van der Waals surface area contributed by atoms with E-state index in [1.807, 2.05) is 0 Å². The number of hydrogen-bond donors (Lipinski definition) is 3. The summed E-state index contributed by atoms with van der Waals surface area (Å²) < 4.78 is 26.0. The molecule has 2 rings (SSSR count). The third-order valence-corrected chi connectivity index (χ3v) is 4.12. The van der Waals surface area contributed by atoms with Gasteiger partial charge in [-0.15, -0.1) is 0 Å². The molecule has 1 aromatic carbocycles. The molecular formula is C12H13N3O4S. The maximum Gasteiger partial charge on any atom is 0.335 e. The largest absolute Gasteiger partial charge is 0.478 e. The molecule has 0 atom stereocenters. The lowest BCUT2D eigenvalue weighted by Crippen LogP contribution is -2.25. The van der Waals surface area contributed by atoms with Crippen LogP contribution in [0.5, 0.6) is 0 Å². The summed E-state index contributed by atoms with van der Waals surface area (Å²) >= 11 is 0. The van der Waals surface area contributed by atoms with Crippen LogP contribution in [0.2, 0.25) is 0 Å². The van der Waals surface area contributed by atoms with Crippen molar-refractivity contribution >= 4 is 16.0 Å². The number of rotatable bonds is 6. The van der Waals surface area contributed by atoms with Crippen LogP contribution >= 0.6 is 0 Å². The second-order valence-electron chi connectivity index (χ2n) is 4.08. The van der Waals surface area contributed by atoms with Crippen molar-refractivity contribution in [2.75, 3.05) is 6.54 Å². The zero-order chi connectivity index (χ0) is 14.6. The van der Waals surface area contributed by atoms with Gasteiger partial charge in [-0.3, -0.25) is 5.10 Å². The highest BCUT2D eigenvalue weighted by molar-refractivity contribution is 7.89. The number of aromatic carboxylic acids is 1. The fraction of sp³-hybridized carbons (Fsp3) is 0.167. The van der Waals surface area contributed by atoms with Gasteiger partial charge in [0.05, 0.1) is 11.8 Å². The first-order valence-corrected chi connectivity index (χ1v) is 7.28. The first-order valence-electron chi connectivity index (χ1n) is 5.80. The molecule has 7 nitrogen and oxygen atoms in total. The first-order chi connectivity index (χ1) is 9.49. The van der Waals surface area contributed by atoms with Crippen LogP contribution in [0.4, 0.5) is 0 Å². The van der Waals surface area contributed by atoms with Crippen molar-refractivity contribution in [3.63, 3.8) is 0 Å². The Labute approximate surface area is 115 Å². The van der Waals surface area contributed by atoms with E-state index in [-0.39, 0.29) is 17.0 Å². The van der Waals surface area contributed by atoms with Gasteiger partial charge in [0.25, 0.3) is 0 Å². The lowest BCUT2D eigenvalue weighted by atomic mass is 10.1. The smallest absolute Gasteiger partial charge is 0.335 e. The molecule has 0 bridgehead atoms. The van der Waals surface area contributed by atoms with E-state index in [4.69, 9.17) is 5.11 Å². The molecule has 0 fully saturated rings. The molecule has 0 saturated carbocycles. The number of aromatic nitrogens is 2. The van der Waals surface area contributed by atoms with Crippen molar-refractivity contribution in [1.29, 1.82) is 0 Å². The van der Waals surface area contributed by atoms with Gasteiger partial charge < -0.3 is 5.11 Å². The van der Waals surface area contributed by atoms with Crippen molar-refractivity contribution in [1.82, 2.24) is 14.9 Å². The maximum atomic E-state index is 11.8. The number of H-pyrrole nitrogens is 1. The number of aromatic amines is 1. The van der Waals surface area contributed by atoms with Gasteiger partial charge >= 0.3 is 5.97 Å². The van der Waals surface area contributed by atoms with Gasteiger partial charge in [0.15, 0.2) is 0 Å². The number of carboxylic acid groups (broad SMARTS) is 1.